The van der Waals surface area contributed by atoms with Gasteiger partial charge in [0.1, 0.15) is 18.9 Å². The van der Waals surface area contributed by atoms with Crippen LogP contribution in [0.2, 0.25) is 0 Å². The number of nitrogens with one attached hydrogen (secondary N) is 4. The number of fused-ring (bicyclic) bond motifs is 1. The maximum absolute atomic E-state index is 12.0. The highest BCUT2D eigenvalue weighted by Crippen LogP contribution is 2.13. The lowest BCUT2D eigenvalue weighted by atomic mass is 10.0. The SMILES string of the molecule is C[C@H](/C=N\NC(=O)CN1C(=O)N[C@H]2NC(=O)N[C@@H]21)c1ccccc1. The van der Waals surface area contributed by atoms with Crippen LogP contribution in [0.15, 0.2) is 35.4 Å². The molecule has 0 spiro atoms. The fourth-order valence-corrected chi connectivity index (χ4v) is 2.62. The van der Waals surface area contributed by atoms with E-state index in [0.29, 0.717) is 0 Å². The molecule has 0 radical (unpaired) electrons. The zero-order valence-corrected chi connectivity index (χ0v) is 13.0. The molecule has 5 amide bonds. The van der Waals surface area contributed by atoms with Crippen molar-refractivity contribution in [3.63, 3.8) is 0 Å². The summed E-state index contributed by atoms with van der Waals surface area (Å²) in [7, 11) is 0. The summed E-state index contributed by atoms with van der Waals surface area (Å²) in [6.07, 6.45) is 0.515. The van der Waals surface area contributed by atoms with Crippen LogP contribution in [0, 0.1) is 0 Å². The lowest BCUT2D eigenvalue weighted by Crippen LogP contribution is -2.47. The number of benzene rings is 1. The molecule has 3 atom stereocenters. The first kappa shape index (κ1) is 15.8. The van der Waals surface area contributed by atoms with Gasteiger partial charge in [-0.05, 0) is 5.56 Å². The zero-order chi connectivity index (χ0) is 17.1. The number of nitrogens with zero attached hydrogens (tertiary/aromatic N) is 2. The molecular formula is C15H18N6O3. The molecule has 1 aromatic carbocycles. The van der Waals surface area contributed by atoms with Gasteiger partial charge in [0.2, 0.25) is 0 Å². The van der Waals surface area contributed by atoms with E-state index < -0.39 is 24.3 Å². The third-order valence-electron chi connectivity index (χ3n) is 3.88. The quantitative estimate of drug-likeness (QED) is 0.446. The highest BCUT2D eigenvalue weighted by Gasteiger charge is 2.45. The number of hydrogen-bond donors (Lipinski definition) is 4. The summed E-state index contributed by atoms with van der Waals surface area (Å²) < 4.78 is 0. The summed E-state index contributed by atoms with van der Waals surface area (Å²) >= 11 is 0. The molecule has 0 bridgehead atoms. The highest BCUT2D eigenvalue weighted by molar-refractivity contribution is 5.89. The average molecular weight is 330 g/mol. The van der Waals surface area contributed by atoms with E-state index >= 15 is 0 Å². The molecule has 2 heterocycles. The van der Waals surface area contributed by atoms with Gasteiger partial charge in [-0.1, -0.05) is 37.3 Å². The summed E-state index contributed by atoms with van der Waals surface area (Å²) in [5, 5.41) is 11.6. The summed E-state index contributed by atoms with van der Waals surface area (Å²) in [5.74, 6) is -0.396. The molecule has 2 aliphatic rings. The molecule has 9 nitrogen and oxygen atoms in total. The van der Waals surface area contributed by atoms with E-state index in [1.165, 1.54) is 4.90 Å². The second-order valence-electron chi connectivity index (χ2n) is 5.63. The predicted octanol–water partition coefficient (Wildman–Crippen LogP) is -0.118. The van der Waals surface area contributed by atoms with Crippen molar-refractivity contribution < 1.29 is 14.4 Å². The number of amides is 5. The largest absolute Gasteiger partial charge is 0.321 e. The first-order chi connectivity index (χ1) is 11.5. The van der Waals surface area contributed by atoms with Crippen molar-refractivity contribution >= 4 is 24.2 Å². The number of carbonyl (C=O) groups excluding carboxylic acids is 3. The van der Waals surface area contributed by atoms with Gasteiger partial charge in [0.25, 0.3) is 5.91 Å². The maximum Gasteiger partial charge on any atom is 0.321 e. The standard InChI is InChI=1S/C15H18N6O3/c1-9(10-5-3-2-4-6-10)7-16-20-11(22)8-21-13-12(18-15(21)24)17-14(23)19-13/h2-7,9,12-13H,8H2,1H3,(H,18,24)(H,20,22)(H2,17,19,23)/b16-7-/t9-,12-,13-/m1/s1. The first-order valence-electron chi connectivity index (χ1n) is 7.56. The van der Waals surface area contributed by atoms with Crippen molar-refractivity contribution in [2.75, 3.05) is 6.54 Å². The smallest absolute Gasteiger partial charge is 0.314 e. The average Bonchev–Trinajstić information content (AvgIpc) is 3.05. The minimum atomic E-state index is -0.581. The van der Waals surface area contributed by atoms with E-state index in [2.05, 4.69) is 26.5 Å². The Bertz CT molecular complexity index is 677. The number of rotatable bonds is 5. The van der Waals surface area contributed by atoms with E-state index in [1.54, 1.807) is 6.21 Å². The number of hydrogen-bond acceptors (Lipinski definition) is 4. The number of urea groups is 2. The summed E-state index contributed by atoms with van der Waals surface area (Å²) in [5.41, 5.74) is 3.48. The van der Waals surface area contributed by atoms with Crippen molar-refractivity contribution in [2.24, 2.45) is 5.10 Å². The van der Waals surface area contributed by atoms with Crippen molar-refractivity contribution in [1.82, 2.24) is 26.3 Å². The van der Waals surface area contributed by atoms with Crippen molar-refractivity contribution in [3.05, 3.63) is 35.9 Å². The molecule has 0 aromatic heterocycles. The van der Waals surface area contributed by atoms with Gasteiger partial charge in [0.05, 0.1) is 0 Å². The molecule has 0 saturated carbocycles. The molecule has 126 valence electrons. The van der Waals surface area contributed by atoms with Crippen LogP contribution in [-0.4, -0.2) is 48.0 Å². The Hall–Kier alpha value is -3.10. The fraction of sp³-hybridized carbons (Fsp3) is 0.333. The van der Waals surface area contributed by atoms with Gasteiger partial charge in [-0.25, -0.2) is 15.0 Å². The Labute approximate surface area is 138 Å². The molecule has 9 heteroatoms. The highest BCUT2D eigenvalue weighted by atomic mass is 16.2. The molecule has 2 saturated heterocycles. The van der Waals surface area contributed by atoms with Crippen LogP contribution in [0.3, 0.4) is 0 Å². The third-order valence-corrected chi connectivity index (χ3v) is 3.88. The van der Waals surface area contributed by atoms with Crippen LogP contribution in [0.4, 0.5) is 9.59 Å². The van der Waals surface area contributed by atoms with Crippen molar-refractivity contribution in [1.29, 1.82) is 0 Å². The van der Waals surface area contributed by atoms with Gasteiger partial charge in [0.15, 0.2) is 0 Å². The number of hydrazone groups is 1. The minimum absolute atomic E-state index is 0.0456. The molecule has 3 rings (SSSR count). The fourth-order valence-electron chi connectivity index (χ4n) is 2.62. The van der Waals surface area contributed by atoms with E-state index in [0.717, 1.165) is 5.56 Å². The van der Waals surface area contributed by atoms with Crippen LogP contribution in [0.5, 0.6) is 0 Å². The molecule has 1 aromatic rings. The van der Waals surface area contributed by atoms with E-state index in [-0.39, 0.29) is 18.5 Å². The lowest BCUT2D eigenvalue weighted by Gasteiger charge is -2.19. The second-order valence-corrected chi connectivity index (χ2v) is 5.63. The topological polar surface area (TPSA) is 115 Å². The van der Waals surface area contributed by atoms with Crippen LogP contribution < -0.4 is 21.4 Å². The Morgan fingerprint density at radius 2 is 2.04 bits per heavy atom. The molecule has 0 unspecified atom stereocenters. The first-order valence-corrected chi connectivity index (χ1v) is 7.56. The molecule has 24 heavy (non-hydrogen) atoms. The van der Waals surface area contributed by atoms with E-state index in [1.807, 2.05) is 37.3 Å². The summed E-state index contributed by atoms with van der Waals surface area (Å²) in [6.45, 7) is 1.76. The van der Waals surface area contributed by atoms with Gasteiger partial charge in [-0.15, -0.1) is 0 Å². The van der Waals surface area contributed by atoms with Crippen LogP contribution >= 0.6 is 0 Å². The Morgan fingerprint density at radius 1 is 1.29 bits per heavy atom. The Morgan fingerprint density at radius 3 is 2.79 bits per heavy atom. The van der Waals surface area contributed by atoms with Crippen LogP contribution in [0.1, 0.15) is 18.4 Å². The van der Waals surface area contributed by atoms with E-state index in [9.17, 15) is 14.4 Å². The maximum atomic E-state index is 12.0. The van der Waals surface area contributed by atoms with Crippen LogP contribution in [-0.2, 0) is 4.79 Å². The summed E-state index contributed by atoms with van der Waals surface area (Å²) in [6, 6.07) is 8.95. The molecule has 0 aliphatic carbocycles. The van der Waals surface area contributed by atoms with Crippen molar-refractivity contribution in [3.8, 4) is 0 Å². The van der Waals surface area contributed by atoms with Gasteiger partial charge in [0, 0.05) is 12.1 Å². The van der Waals surface area contributed by atoms with Gasteiger partial charge in [-0.3, -0.25) is 9.69 Å². The summed E-state index contributed by atoms with van der Waals surface area (Å²) in [4.78, 5) is 36.3. The van der Waals surface area contributed by atoms with E-state index in [4.69, 9.17) is 0 Å². The molecule has 4 N–H and O–H groups in total. The predicted molar refractivity (Wildman–Crippen MR) is 86.0 cm³/mol. The van der Waals surface area contributed by atoms with Crippen molar-refractivity contribution in [2.45, 2.75) is 25.2 Å². The Kier molecular flexibility index (Phi) is 4.32. The van der Waals surface area contributed by atoms with Crippen LogP contribution in [0.25, 0.3) is 0 Å². The molecule has 2 aliphatic heterocycles. The Balaban J connectivity index is 1.51. The van der Waals surface area contributed by atoms with Gasteiger partial charge in [-0.2, -0.15) is 5.10 Å². The molecular weight excluding hydrogens is 312 g/mol. The lowest BCUT2D eigenvalue weighted by molar-refractivity contribution is -0.121. The molecule has 2 fully saturated rings. The normalized spacial score (nSPS) is 23.5. The zero-order valence-electron chi connectivity index (χ0n) is 13.0. The van der Waals surface area contributed by atoms with Gasteiger partial charge < -0.3 is 16.0 Å². The monoisotopic (exact) mass is 330 g/mol. The minimum Gasteiger partial charge on any atom is -0.314 e. The second kappa shape index (κ2) is 6.57. The number of carbonyl (C=O) groups is 3. The van der Waals surface area contributed by atoms with Gasteiger partial charge >= 0.3 is 12.1 Å². The third kappa shape index (κ3) is 3.29.